The third kappa shape index (κ3) is 5.95. The first-order valence-electron chi connectivity index (χ1n) is 8.35. The molecule has 1 aromatic rings. The summed E-state index contributed by atoms with van der Waals surface area (Å²) in [6, 6.07) is 7.93. The number of ether oxygens (including phenoxy) is 2. The summed E-state index contributed by atoms with van der Waals surface area (Å²) in [4.78, 5) is 2.33. The summed E-state index contributed by atoms with van der Waals surface area (Å²) in [7, 11) is 0. The van der Waals surface area contributed by atoms with Gasteiger partial charge in [0, 0.05) is 19.7 Å². The van der Waals surface area contributed by atoms with Crippen LogP contribution in [0.5, 0.6) is 5.75 Å². The van der Waals surface area contributed by atoms with E-state index in [1.807, 2.05) is 38.1 Å². The van der Waals surface area contributed by atoms with Crippen LogP contribution in [0.1, 0.15) is 25.3 Å². The summed E-state index contributed by atoms with van der Waals surface area (Å²) in [5.41, 5.74) is 1.17. The van der Waals surface area contributed by atoms with Gasteiger partial charge in [0.05, 0.1) is 6.61 Å². The molecule has 0 amide bonds. The number of likely N-dealkylation sites (tertiary alicyclic amines) is 1. The van der Waals surface area contributed by atoms with Gasteiger partial charge in [-0.3, -0.25) is 0 Å². The van der Waals surface area contributed by atoms with E-state index < -0.39 is 6.10 Å². The maximum Gasteiger partial charge on any atom is 0.119 e. The van der Waals surface area contributed by atoms with Crippen LogP contribution in [0.2, 0.25) is 0 Å². The van der Waals surface area contributed by atoms with E-state index in [9.17, 15) is 5.11 Å². The summed E-state index contributed by atoms with van der Waals surface area (Å²) in [5.74, 6) is 1.42. The van der Waals surface area contributed by atoms with Gasteiger partial charge in [-0.15, -0.1) is 0 Å². The number of rotatable bonds is 8. The van der Waals surface area contributed by atoms with Crippen LogP contribution in [-0.2, 0) is 4.74 Å². The number of aliphatic hydroxyl groups excluding tert-OH is 1. The van der Waals surface area contributed by atoms with Crippen molar-refractivity contribution in [1.29, 1.82) is 0 Å². The Morgan fingerprint density at radius 3 is 3.05 bits per heavy atom. The molecule has 0 bridgehead atoms. The molecule has 0 aliphatic carbocycles. The molecule has 124 valence electrons. The maximum absolute atomic E-state index is 10.2. The van der Waals surface area contributed by atoms with Gasteiger partial charge in [0.25, 0.3) is 0 Å². The summed E-state index contributed by atoms with van der Waals surface area (Å²) in [6.07, 6.45) is 1.96. The predicted octanol–water partition coefficient (Wildman–Crippen LogP) is 2.48. The Bertz CT molecular complexity index is 438. The highest BCUT2D eigenvalue weighted by Gasteiger charge is 2.22. The Kier molecular flexibility index (Phi) is 7.16. The highest BCUT2D eigenvalue weighted by atomic mass is 16.5. The Balaban J connectivity index is 1.70. The smallest absolute Gasteiger partial charge is 0.119 e. The monoisotopic (exact) mass is 307 g/mol. The summed E-state index contributed by atoms with van der Waals surface area (Å²) in [6.45, 7) is 8.78. The molecule has 1 fully saturated rings. The molecule has 1 saturated heterocycles. The molecule has 1 aliphatic heterocycles. The molecule has 0 radical (unpaired) electrons. The van der Waals surface area contributed by atoms with Gasteiger partial charge in [0.2, 0.25) is 0 Å². The van der Waals surface area contributed by atoms with Gasteiger partial charge in [-0.2, -0.15) is 0 Å². The second kappa shape index (κ2) is 9.13. The number of hydrogen-bond donors (Lipinski definition) is 1. The number of nitrogens with zero attached hydrogens (tertiary/aromatic N) is 1. The van der Waals surface area contributed by atoms with Gasteiger partial charge in [-0.1, -0.05) is 12.1 Å². The quantitative estimate of drug-likeness (QED) is 0.801. The van der Waals surface area contributed by atoms with Gasteiger partial charge in [0.15, 0.2) is 0 Å². The van der Waals surface area contributed by atoms with E-state index in [2.05, 4.69) is 4.90 Å². The molecule has 22 heavy (non-hydrogen) atoms. The number of piperidine rings is 1. The second-order valence-electron chi connectivity index (χ2n) is 6.21. The fraction of sp³-hybridized carbons (Fsp3) is 0.667. The molecule has 4 nitrogen and oxygen atoms in total. The first-order valence-corrected chi connectivity index (χ1v) is 8.35. The number of aliphatic hydroxyl groups is 1. The number of hydrogen-bond acceptors (Lipinski definition) is 4. The number of β-amino-alcohol motifs (C(OH)–C–C–N with tert-alkyl or cyclic N) is 1. The average molecular weight is 307 g/mol. The normalized spacial score (nSPS) is 20.8. The lowest BCUT2D eigenvalue weighted by atomic mass is 9.99. The lowest BCUT2D eigenvalue weighted by Crippen LogP contribution is -2.42. The van der Waals surface area contributed by atoms with Crippen LogP contribution >= 0.6 is 0 Å². The van der Waals surface area contributed by atoms with Crippen molar-refractivity contribution in [3.05, 3.63) is 29.8 Å². The lowest BCUT2D eigenvalue weighted by molar-refractivity contribution is 0.0301. The zero-order valence-electron chi connectivity index (χ0n) is 13.8. The van der Waals surface area contributed by atoms with Crippen LogP contribution in [-0.4, -0.2) is 55.6 Å². The summed E-state index contributed by atoms with van der Waals surface area (Å²) in [5, 5.41) is 10.2. The molecule has 0 saturated carbocycles. The first kappa shape index (κ1) is 17.3. The van der Waals surface area contributed by atoms with Gasteiger partial charge < -0.3 is 19.5 Å². The SMILES string of the molecule is CCOCC1CCCN(CC(O)COc2cccc(C)c2)C1. The van der Waals surface area contributed by atoms with Crippen molar-refractivity contribution in [1.82, 2.24) is 4.90 Å². The Morgan fingerprint density at radius 2 is 2.27 bits per heavy atom. The van der Waals surface area contributed by atoms with Crippen LogP contribution in [0.25, 0.3) is 0 Å². The second-order valence-corrected chi connectivity index (χ2v) is 6.21. The maximum atomic E-state index is 10.2. The van der Waals surface area contributed by atoms with Crippen LogP contribution in [0.3, 0.4) is 0 Å². The molecular weight excluding hydrogens is 278 g/mol. The highest BCUT2D eigenvalue weighted by molar-refractivity contribution is 5.27. The number of aryl methyl sites for hydroxylation is 1. The topological polar surface area (TPSA) is 41.9 Å². The third-order valence-electron chi connectivity index (χ3n) is 4.06. The molecule has 2 unspecified atom stereocenters. The van der Waals surface area contributed by atoms with E-state index in [1.165, 1.54) is 18.4 Å². The van der Waals surface area contributed by atoms with E-state index in [0.29, 0.717) is 19.1 Å². The number of benzene rings is 1. The van der Waals surface area contributed by atoms with Gasteiger partial charge in [-0.05, 0) is 56.8 Å². The zero-order chi connectivity index (χ0) is 15.8. The van der Waals surface area contributed by atoms with E-state index in [1.54, 1.807) is 0 Å². The molecule has 1 heterocycles. The fourth-order valence-corrected chi connectivity index (χ4v) is 2.99. The molecule has 1 aromatic carbocycles. The average Bonchev–Trinajstić information content (AvgIpc) is 2.51. The molecule has 1 N–H and O–H groups in total. The van der Waals surface area contributed by atoms with Crippen molar-refractivity contribution >= 4 is 0 Å². The molecular formula is C18H29NO3. The van der Waals surface area contributed by atoms with Crippen molar-refractivity contribution in [2.45, 2.75) is 32.8 Å². The summed E-state index contributed by atoms with van der Waals surface area (Å²) >= 11 is 0. The fourth-order valence-electron chi connectivity index (χ4n) is 2.99. The van der Waals surface area contributed by atoms with Gasteiger partial charge >= 0.3 is 0 Å². The van der Waals surface area contributed by atoms with Crippen LogP contribution in [0, 0.1) is 12.8 Å². The predicted molar refractivity (Wildman–Crippen MR) is 88.3 cm³/mol. The molecule has 0 spiro atoms. The zero-order valence-corrected chi connectivity index (χ0v) is 13.8. The van der Waals surface area contributed by atoms with Crippen molar-refractivity contribution in [2.75, 3.05) is 39.5 Å². The van der Waals surface area contributed by atoms with E-state index >= 15 is 0 Å². The van der Waals surface area contributed by atoms with Crippen LogP contribution < -0.4 is 4.74 Å². The molecule has 2 atom stereocenters. The summed E-state index contributed by atoms with van der Waals surface area (Å²) < 4.78 is 11.2. The minimum absolute atomic E-state index is 0.343. The Morgan fingerprint density at radius 1 is 1.41 bits per heavy atom. The van der Waals surface area contributed by atoms with Crippen LogP contribution in [0.15, 0.2) is 24.3 Å². The first-order chi connectivity index (χ1) is 10.7. The lowest BCUT2D eigenvalue weighted by Gasteiger charge is -2.33. The van der Waals surface area contributed by atoms with Gasteiger partial charge in [-0.25, -0.2) is 0 Å². The minimum atomic E-state index is -0.452. The van der Waals surface area contributed by atoms with E-state index in [4.69, 9.17) is 9.47 Å². The Hall–Kier alpha value is -1.10. The van der Waals surface area contributed by atoms with Crippen molar-refractivity contribution in [3.8, 4) is 5.75 Å². The van der Waals surface area contributed by atoms with Crippen molar-refractivity contribution in [3.63, 3.8) is 0 Å². The third-order valence-corrected chi connectivity index (χ3v) is 4.06. The van der Waals surface area contributed by atoms with Gasteiger partial charge in [0.1, 0.15) is 18.5 Å². The van der Waals surface area contributed by atoms with Crippen molar-refractivity contribution < 1.29 is 14.6 Å². The largest absolute Gasteiger partial charge is 0.491 e. The minimum Gasteiger partial charge on any atom is -0.491 e. The van der Waals surface area contributed by atoms with E-state index in [-0.39, 0.29) is 0 Å². The van der Waals surface area contributed by atoms with Crippen LogP contribution in [0.4, 0.5) is 0 Å². The molecule has 1 aliphatic rings. The highest BCUT2D eigenvalue weighted by Crippen LogP contribution is 2.17. The Labute approximate surface area is 134 Å². The molecule has 4 heteroatoms. The molecule has 2 rings (SSSR count). The molecule has 0 aromatic heterocycles. The van der Waals surface area contributed by atoms with E-state index in [0.717, 1.165) is 32.1 Å². The van der Waals surface area contributed by atoms with Crippen molar-refractivity contribution in [2.24, 2.45) is 5.92 Å². The standard InChI is InChI=1S/C18H29NO3/c1-3-21-13-16-7-5-9-19(11-16)12-17(20)14-22-18-8-4-6-15(2)10-18/h4,6,8,10,16-17,20H,3,5,7,9,11-14H2,1-2H3.